The molecule has 0 aliphatic carbocycles. The molecule has 9 heteroatoms. The van der Waals surface area contributed by atoms with Crippen molar-refractivity contribution in [3.63, 3.8) is 0 Å². The van der Waals surface area contributed by atoms with Crippen molar-refractivity contribution >= 4 is 15.9 Å². The number of hydrogen-bond acceptors (Lipinski definition) is 5. The maximum atomic E-state index is 13.8. The molecule has 1 aromatic carbocycles. The smallest absolute Gasteiger partial charge is 0.244 e. The number of halogens is 1. The first-order valence-corrected chi connectivity index (χ1v) is 9.64. The molecule has 2 rings (SSSR count). The third-order valence-corrected chi connectivity index (χ3v) is 5.67. The average molecular weight is 373 g/mol. The predicted molar refractivity (Wildman–Crippen MR) is 90.7 cm³/mol. The summed E-state index contributed by atoms with van der Waals surface area (Å²) in [7, 11) is -4.18. The average Bonchev–Trinajstić information content (AvgIpc) is 2.95. The second-order valence-electron chi connectivity index (χ2n) is 6.50. The van der Waals surface area contributed by atoms with Crippen molar-refractivity contribution < 1.29 is 22.7 Å². The molecule has 25 heavy (non-hydrogen) atoms. The number of nitrogens with one attached hydrogen (secondary N) is 3. The molecular weight excluding hydrogens is 349 g/mol. The quantitative estimate of drug-likeness (QED) is 0.531. The minimum Gasteiger partial charge on any atom is -0.391 e. The zero-order valence-electron chi connectivity index (χ0n) is 14.2. The Bertz CT molecular complexity index is 711. The second-order valence-corrected chi connectivity index (χ2v) is 8.19. The van der Waals surface area contributed by atoms with Crippen LogP contribution in [0.15, 0.2) is 29.2 Å². The van der Waals surface area contributed by atoms with Gasteiger partial charge in [0.05, 0.1) is 6.10 Å². The molecular formula is C16H24FN3O4S. The Morgan fingerprint density at radius 2 is 2.04 bits per heavy atom. The zero-order chi connectivity index (χ0) is 18.6. The van der Waals surface area contributed by atoms with E-state index in [0.29, 0.717) is 13.1 Å². The van der Waals surface area contributed by atoms with Crippen LogP contribution in [-0.2, 0) is 14.8 Å². The fraction of sp³-hybridized carbons (Fsp3) is 0.562. The number of β-amino-alcohol motifs (C(OH)–C–C–N with tert-alkyl or cyclic N) is 1. The standard InChI is InChI=1S/C16H24FN3O4S/c1-10(2)15(16(22)19-8-11-7-18-9-13(11)21)20-25(23,24)14-6-4-3-5-12(14)17/h3-6,10-11,13,15,18,20-21H,7-9H2,1-2H3,(H,19,22). The van der Waals surface area contributed by atoms with Gasteiger partial charge in [-0.15, -0.1) is 0 Å². The number of carbonyl (C=O) groups excluding carboxylic acids is 1. The predicted octanol–water partition coefficient (Wildman–Crippen LogP) is -0.175. The summed E-state index contributed by atoms with van der Waals surface area (Å²) >= 11 is 0. The van der Waals surface area contributed by atoms with E-state index in [2.05, 4.69) is 15.4 Å². The molecule has 1 aromatic rings. The van der Waals surface area contributed by atoms with Crippen LogP contribution in [-0.4, -0.2) is 51.2 Å². The Labute approximate surface area is 147 Å². The van der Waals surface area contributed by atoms with Crippen LogP contribution in [0.5, 0.6) is 0 Å². The summed E-state index contributed by atoms with van der Waals surface area (Å²) in [5, 5.41) is 15.4. The van der Waals surface area contributed by atoms with Crippen molar-refractivity contribution in [3.05, 3.63) is 30.1 Å². The van der Waals surface area contributed by atoms with E-state index in [4.69, 9.17) is 0 Å². The summed E-state index contributed by atoms with van der Waals surface area (Å²) in [6.07, 6.45) is -0.548. The summed E-state index contributed by atoms with van der Waals surface area (Å²) < 4.78 is 40.9. The van der Waals surface area contributed by atoms with E-state index in [1.807, 2.05) is 0 Å². The normalized spacial score (nSPS) is 22.1. The fourth-order valence-corrected chi connectivity index (χ4v) is 4.08. The molecule has 0 spiro atoms. The molecule has 7 nitrogen and oxygen atoms in total. The molecule has 1 amide bonds. The van der Waals surface area contributed by atoms with Crippen LogP contribution in [0.1, 0.15) is 13.8 Å². The Kier molecular flexibility index (Phi) is 6.50. The van der Waals surface area contributed by atoms with Crippen molar-refractivity contribution in [1.82, 2.24) is 15.4 Å². The van der Waals surface area contributed by atoms with Crippen molar-refractivity contribution in [3.8, 4) is 0 Å². The minimum absolute atomic E-state index is 0.125. The van der Waals surface area contributed by atoms with Crippen LogP contribution in [0.25, 0.3) is 0 Å². The van der Waals surface area contributed by atoms with Gasteiger partial charge in [-0.05, 0) is 18.1 Å². The largest absolute Gasteiger partial charge is 0.391 e. The number of aliphatic hydroxyl groups excluding tert-OH is 1. The summed E-state index contributed by atoms with van der Waals surface area (Å²) in [5.41, 5.74) is 0. The molecule has 1 aliphatic rings. The highest BCUT2D eigenvalue weighted by atomic mass is 32.2. The third-order valence-electron chi connectivity index (χ3n) is 4.20. The van der Waals surface area contributed by atoms with Crippen molar-refractivity contribution in [1.29, 1.82) is 0 Å². The lowest BCUT2D eigenvalue weighted by molar-refractivity contribution is -0.123. The van der Waals surface area contributed by atoms with Gasteiger partial charge in [-0.1, -0.05) is 26.0 Å². The molecule has 0 aromatic heterocycles. The Hall–Kier alpha value is -1.55. The van der Waals surface area contributed by atoms with Crippen LogP contribution < -0.4 is 15.4 Å². The Balaban J connectivity index is 2.07. The summed E-state index contributed by atoms with van der Waals surface area (Å²) in [4.78, 5) is 11.9. The van der Waals surface area contributed by atoms with E-state index in [1.54, 1.807) is 13.8 Å². The van der Waals surface area contributed by atoms with Crippen LogP contribution in [0.3, 0.4) is 0 Å². The van der Waals surface area contributed by atoms with Gasteiger partial charge < -0.3 is 15.7 Å². The van der Waals surface area contributed by atoms with E-state index in [9.17, 15) is 22.7 Å². The number of benzene rings is 1. The van der Waals surface area contributed by atoms with Gasteiger partial charge in [0, 0.05) is 25.6 Å². The number of amides is 1. The summed E-state index contributed by atoms with van der Waals surface area (Å²) in [6.45, 7) is 4.67. The molecule has 1 heterocycles. The third kappa shape index (κ3) is 4.97. The molecule has 0 saturated carbocycles. The minimum atomic E-state index is -4.18. The Morgan fingerprint density at radius 1 is 1.36 bits per heavy atom. The highest BCUT2D eigenvalue weighted by molar-refractivity contribution is 7.89. The van der Waals surface area contributed by atoms with E-state index in [-0.39, 0.29) is 18.4 Å². The molecule has 0 radical (unpaired) electrons. The first-order valence-electron chi connectivity index (χ1n) is 8.15. The number of aliphatic hydroxyl groups is 1. The first kappa shape index (κ1) is 19.8. The Morgan fingerprint density at radius 3 is 2.60 bits per heavy atom. The topological polar surface area (TPSA) is 108 Å². The van der Waals surface area contributed by atoms with E-state index >= 15 is 0 Å². The molecule has 1 aliphatic heterocycles. The van der Waals surface area contributed by atoms with Crippen LogP contribution in [0.4, 0.5) is 4.39 Å². The monoisotopic (exact) mass is 373 g/mol. The molecule has 140 valence electrons. The van der Waals surface area contributed by atoms with Crippen LogP contribution >= 0.6 is 0 Å². The molecule has 1 fully saturated rings. The van der Waals surface area contributed by atoms with E-state index in [0.717, 1.165) is 12.1 Å². The fourth-order valence-electron chi connectivity index (χ4n) is 2.65. The second kappa shape index (κ2) is 8.22. The summed E-state index contributed by atoms with van der Waals surface area (Å²) in [5.74, 6) is -1.85. The van der Waals surface area contributed by atoms with E-state index in [1.165, 1.54) is 12.1 Å². The zero-order valence-corrected chi connectivity index (χ0v) is 15.0. The SMILES string of the molecule is CC(C)C(NS(=O)(=O)c1ccccc1F)C(=O)NCC1CNCC1O. The van der Waals surface area contributed by atoms with Gasteiger partial charge in [-0.2, -0.15) is 4.72 Å². The molecule has 3 atom stereocenters. The highest BCUT2D eigenvalue weighted by Gasteiger charge is 2.31. The molecule has 0 bridgehead atoms. The lowest BCUT2D eigenvalue weighted by atomic mass is 10.0. The highest BCUT2D eigenvalue weighted by Crippen LogP contribution is 2.16. The maximum Gasteiger partial charge on any atom is 0.244 e. The van der Waals surface area contributed by atoms with Gasteiger partial charge >= 0.3 is 0 Å². The van der Waals surface area contributed by atoms with Crippen LogP contribution in [0.2, 0.25) is 0 Å². The molecule has 4 N–H and O–H groups in total. The lowest BCUT2D eigenvalue weighted by Gasteiger charge is -2.23. The lowest BCUT2D eigenvalue weighted by Crippen LogP contribution is -2.51. The molecule has 3 unspecified atom stereocenters. The number of rotatable bonds is 7. The van der Waals surface area contributed by atoms with Gasteiger partial charge in [-0.3, -0.25) is 4.79 Å². The van der Waals surface area contributed by atoms with E-state index < -0.39 is 38.8 Å². The van der Waals surface area contributed by atoms with Gasteiger partial charge in [0.15, 0.2) is 0 Å². The van der Waals surface area contributed by atoms with Crippen molar-refractivity contribution in [2.45, 2.75) is 30.9 Å². The first-order chi connectivity index (χ1) is 11.7. The number of hydrogen-bond donors (Lipinski definition) is 4. The van der Waals surface area contributed by atoms with Crippen LogP contribution in [0, 0.1) is 17.7 Å². The molecule has 1 saturated heterocycles. The summed E-state index contributed by atoms with van der Waals surface area (Å²) in [6, 6.07) is 3.95. The van der Waals surface area contributed by atoms with Gasteiger partial charge in [0.1, 0.15) is 16.8 Å². The van der Waals surface area contributed by atoms with Gasteiger partial charge in [0.25, 0.3) is 0 Å². The maximum absolute atomic E-state index is 13.8. The van der Waals surface area contributed by atoms with Crippen molar-refractivity contribution in [2.24, 2.45) is 11.8 Å². The van der Waals surface area contributed by atoms with Gasteiger partial charge in [0.2, 0.25) is 15.9 Å². The number of carbonyl (C=O) groups is 1. The van der Waals surface area contributed by atoms with Gasteiger partial charge in [-0.25, -0.2) is 12.8 Å². The van der Waals surface area contributed by atoms with Crippen molar-refractivity contribution in [2.75, 3.05) is 19.6 Å². The number of sulfonamides is 1.